The van der Waals surface area contributed by atoms with Gasteiger partial charge in [0.25, 0.3) is 0 Å². The van der Waals surface area contributed by atoms with Crippen molar-refractivity contribution in [1.82, 2.24) is 10.3 Å². The minimum Gasteiger partial charge on any atom is -0.325 e. The maximum absolute atomic E-state index is 12.3. The third-order valence-corrected chi connectivity index (χ3v) is 3.80. The summed E-state index contributed by atoms with van der Waals surface area (Å²) in [7, 11) is 0. The van der Waals surface area contributed by atoms with Gasteiger partial charge in [0, 0.05) is 34.9 Å². The van der Waals surface area contributed by atoms with Crippen molar-refractivity contribution in [2.75, 3.05) is 11.9 Å². The van der Waals surface area contributed by atoms with Crippen LogP contribution in [0.25, 0.3) is 10.8 Å². The summed E-state index contributed by atoms with van der Waals surface area (Å²) in [5, 5.41) is 8.42. The molecule has 3 rings (SSSR count). The number of nitrogens with one attached hydrogen (secondary N) is 2. The lowest BCUT2D eigenvalue weighted by Gasteiger charge is -2.16. The third kappa shape index (κ3) is 2.31. The summed E-state index contributed by atoms with van der Waals surface area (Å²) in [5.41, 5.74) is 0.865. The predicted octanol–water partition coefficient (Wildman–Crippen LogP) is 2.17. The molecule has 4 nitrogen and oxygen atoms in total. The second-order valence-corrected chi connectivity index (χ2v) is 5.03. The molecule has 1 aromatic heterocycles. The van der Waals surface area contributed by atoms with Crippen molar-refractivity contribution >= 4 is 22.4 Å². The average molecular weight is 255 g/mol. The van der Waals surface area contributed by atoms with Crippen molar-refractivity contribution in [2.45, 2.75) is 19.4 Å². The van der Waals surface area contributed by atoms with Gasteiger partial charge in [-0.25, -0.2) is 0 Å². The number of nitrogens with zero attached hydrogens (tertiary/aromatic N) is 1. The fourth-order valence-electron chi connectivity index (χ4n) is 2.67. The molecule has 1 aromatic carbocycles. The zero-order valence-corrected chi connectivity index (χ0v) is 10.9. The summed E-state index contributed by atoms with van der Waals surface area (Å²) >= 11 is 0. The molecule has 0 bridgehead atoms. The molecule has 0 radical (unpaired) electrons. The second-order valence-electron chi connectivity index (χ2n) is 5.03. The van der Waals surface area contributed by atoms with E-state index in [-0.39, 0.29) is 17.9 Å². The molecular weight excluding hydrogens is 238 g/mol. The fourth-order valence-corrected chi connectivity index (χ4v) is 2.67. The maximum Gasteiger partial charge on any atom is 0.229 e. The Morgan fingerprint density at radius 2 is 2.32 bits per heavy atom. The quantitative estimate of drug-likeness (QED) is 0.864. The van der Waals surface area contributed by atoms with Gasteiger partial charge in [-0.1, -0.05) is 12.1 Å². The number of aromatic nitrogens is 1. The van der Waals surface area contributed by atoms with E-state index in [1.54, 1.807) is 6.20 Å². The summed E-state index contributed by atoms with van der Waals surface area (Å²) in [6.45, 7) is 2.98. The van der Waals surface area contributed by atoms with Gasteiger partial charge in [0.2, 0.25) is 5.91 Å². The van der Waals surface area contributed by atoms with Crippen LogP contribution in [0.1, 0.15) is 13.3 Å². The van der Waals surface area contributed by atoms with Crippen LogP contribution < -0.4 is 10.6 Å². The molecule has 0 saturated carbocycles. The van der Waals surface area contributed by atoms with Crippen LogP contribution in [-0.2, 0) is 4.79 Å². The first-order chi connectivity index (χ1) is 9.25. The molecule has 0 aliphatic carbocycles. The number of anilines is 1. The topological polar surface area (TPSA) is 54.0 Å². The van der Waals surface area contributed by atoms with Gasteiger partial charge >= 0.3 is 0 Å². The molecule has 2 atom stereocenters. The number of hydrogen-bond donors (Lipinski definition) is 2. The number of amides is 1. The number of hydrogen-bond acceptors (Lipinski definition) is 3. The van der Waals surface area contributed by atoms with E-state index in [0.717, 1.165) is 29.4 Å². The molecule has 19 heavy (non-hydrogen) atoms. The van der Waals surface area contributed by atoms with Crippen LogP contribution in [0.3, 0.4) is 0 Å². The lowest BCUT2D eigenvalue weighted by Crippen LogP contribution is -2.32. The molecule has 0 spiro atoms. The van der Waals surface area contributed by atoms with Gasteiger partial charge in [-0.2, -0.15) is 0 Å². The van der Waals surface area contributed by atoms with Crippen LogP contribution in [0.15, 0.2) is 36.7 Å². The van der Waals surface area contributed by atoms with Crippen molar-refractivity contribution in [2.24, 2.45) is 5.92 Å². The van der Waals surface area contributed by atoms with Gasteiger partial charge in [0.05, 0.1) is 5.92 Å². The first-order valence-electron chi connectivity index (χ1n) is 6.63. The van der Waals surface area contributed by atoms with Crippen molar-refractivity contribution in [1.29, 1.82) is 0 Å². The first-order valence-corrected chi connectivity index (χ1v) is 6.63. The van der Waals surface area contributed by atoms with Gasteiger partial charge in [-0.15, -0.1) is 0 Å². The van der Waals surface area contributed by atoms with E-state index in [9.17, 15) is 4.79 Å². The van der Waals surface area contributed by atoms with Crippen molar-refractivity contribution in [3.8, 4) is 0 Å². The summed E-state index contributed by atoms with van der Waals surface area (Å²) < 4.78 is 0. The first kappa shape index (κ1) is 12.1. The zero-order valence-electron chi connectivity index (χ0n) is 10.9. The Morgan fingerprint density at radius 3 is 3.11 bits per heavy atom. The Hall–Kier alpha value is -1.94. The fraction of sp³-hybridized carbons (Fsp3) is 0.333. The molecule has 1 saturated heterocycles. The lowest BCUT2D eigenvalue weighted by atomic mass is 10.0. The van der Waals surface area contributed by atoms with Gasteiger partial charge < -0.3 is 10.6 Å². The SMILES string of the molecule is CC1NCCC1C(=O)Nc1cccc2cnccc12. The monoisotopic (exact) mass is 255 g/mol. The highest BCUT2D eigenvalue weighted by Crippen LogP contribution is 2.24. The summed E-state index contributed by atoms with van der Waals surface area (Å²) in [6.07, 6.45) is 4.46. The van der Waals surface area contributed by atoms with Gasteiger partial charge in [0.1, 0.15) is 0 Å². The number of carbonyl (C=O) groups is 1. The van der Waals surface area contributed by atoms with Crippen LogP contribution in [0.5, 0.6) is 0 Å². The Labute approximate surface area is 112 Å². The smallest absolute Gasteiger partial charge is 0.229 e. The number of carbonyl (C=O) groups excluding carboxylic acids is 1. The Kier molecular flexibility index (Phi) is 3.17. The molecule has 1 aliphatic heterocycles. The second kappa shape index (κ2) is 4.97. The largest absolute Gasteiger partial charge is 0.325 e. The molecule has 2 heterocycles. The lowest BCUT2D eigenvalue weighted by molar-refractivity contribution is -0.119. The van der Waals surface area contributed by atoms with Crippen LogP contribution in [0.4, 0.5) is 5.69 Å². The number of fused-ring (bicyclic) bond motifs is 1. The molecule has 2 aromatic rings. The number of pyridine rings is 1. The molecule has 1 fully saturated rings. The van der Waals surface area contributed by atoms with Gasteiger partial charge in [-0.05, 0) is 32.0 Å². The molecule has 1 aliphatic rings. The highest BCUT2D eigenvalue weighted by atomic mass is 16.1. The Bertz CT molecular complexity index is 606. The molecule has 98 valence electrons. The van der Waals surface area contributed by atoms with E-state index in [2.05, 4.69) is 22.5 Å². The van der Waals surface area contributed by atoms with E-state index in [1.165, 1.54) is 0 Å². The molecule has 1 amide bonds. The molecule has 2 unspecified atom stereocenters. The predicted molar refractivity (Wildman–Crippen MR) is 75.9 cm³/mol. The standard InChI is InChI=1S/C15H17N3O/c1-10-12(6-8-17-10)15(19)18-14-4-2-3-11-9-16-7-5-13(11)14/h2-5,7,9-10,12,17H,6,8H2,1H3,(H,18,19). The highest BCUT2D eigenvalue weighted by Gasteiger charge is 2.29. The van der Waals surface area contributed by atoms with E-state index in [0.29, 0.717) is 0 Å². The van der Waals surface area contributed by atoms with E-state index >= 15 is 0 Å². The molecule has 4 heteroatoms. The number of rotatable bonds is 2. The summed E-state index contributed by atoms with van der Waals surface area (Å²) in [4.78, 5) is 16.4. The molecular formula is C15H17N3O. The Morgan fingerprint density at radius 1 is 1.42 bits per heavy atom. The van der Waals surface area contributed by atoms with Crippen molar-refractivity contribution in [3.05, 3.63) is 36.7 Å². The minimum atomic E-state index is 0.0529. The maximum atomic E-state index is 12.3. The molecule has 2 N–H and O–H groups in total. The van der Waals surface area contributed by atoms with Crippen molar-refractivity contribution < 1.29 is 4.79 Å². The minimum absolute atomic E-state index is 0.0529. The van der Waals surface area contributed by atoms with Crippen LogP contribution in [-0.4, -0.2) is 23.5 Å². The summed E-state index contributed by atoms with van der Waals surface area (Å²) in [6, 6.07) is 8.05. The summed E-state index contributed by atoms with van der Waals surface area (Å²) in [5.74, 6) is 0.152. The third-order valence-electron chi connectivity index (χ3n) is 3.80. The van der Waals surface area contributed by atoms with E-state index in [1.807, 2.05) is 30.5 Å². The van der Waals surface area contributed by atoms with Gasteiger partial charge in [-0.3, -0.25) is 9.78 Å². The van der Waals surface area contributed by atoms with Crippen LogP contribution in [0, 0.1) is 5.92 Å². The van der Waals surface area contributed by atoms with Crippen LogP contribution >= 0.6 is 0 Å². The van der Waals surface area contributed by atoms with Crippen molar-refractivity contribution in [3.63, 3.8) is 0 Å². The highest BCUT2D eigenvalue weighted by molar-refractivity contribution is 6.02. The average Bonchev–Trinajstić information content (AvgIpc) is 2.85. The van der Waals surface area contributed by atoms with E-state index in [4.69, 9.17) is 0 Å². The van der Waals surface area contributed by atoms with Gasteiger partial charge in [0.15, 0.2) is 0 Å². The zero-order chi connectivity index (χ0) is 13.2. The van der Waals surface area contributed by atoms with E-state index < -0.39 is 0 Å². The van der Waals surface area contributed by atoms with Crippen LogP contribution in [0.2, 0.25) is 0 Å². The normalized spacial score (nSPS) is 22.6. The Balaban J connectivity index is 1.87. The number of benzene rings is 1.